The number of rotatable bonds is 3. The summed E-state index contributed by atoms with van der Waals surface area (Å²) >= 11 is 0. The van der Waals surface area contributed by atoms with Crippen LogP contribution in [0.1, 0.15) is 11.4 Å². The summed E-state index contributed by atoms with van der Waals surface area (Å²) in [6, 6.07) is 5.89. The molecule has 1 aromatic rings. The first-order chi connectivity index (χ1) is 7.66. The normalized spacial score (nSPS) is 15.6. The molecule has 0 spiro atoms. The molecule has 1 fully saturated rings. The molecule has 2 heterocycles. The highest BCUT2D eigenvalue weighted by molar-refractivity contribution is 5.79. The fourth-order valence-corrected chi connectivity index (χ4v) is 1.78. The van der Waals surface area contributed by atoms with E-state index in [1.54, 1.807) is 4.90 Å². The van der Waals surface area contributed by atoms with Gasteiger partial charge in [0.05, 0.1) is 18.2 Å². The Labute approximate surface area is 95.7 Å². The molecule has 0 saturated carbocycles. The second kappa shape index (κ2) is 4.61. The van der Waals surface area contributed by atoms with Gasteiger partial charge in [0, 0.05) is 25.8 Å². The smallest absolute Gasteiger partial charge is 0.228 e. The van der Waals surface area contributed by atoms with Crippen LogP contribution in [0.3, 0.4) is 0 Å². The number of carbonyl (C=O) groups is 1. The summed E-state index contributed by atoms with van der Waals surface area (Å²) in [5.74, 6) is 0.372. The van der Waals surface area contributed by atoms with Gasteiger partial charge in [0.15, 0.2) is 0 Å². The molecule has 0 aliphatic carbocycles. The predicted octanol–water partition coefficient (Wildman–Crippen LogP) is 0.568. The van der Waals surface area contributed by atoms with Gasteiger partial charge in [-0.25, -0.2) is 0 Å². The van der Waals surface area contributed by atoms with Gasteiger partial charge in [0.25, 0.3) is 0 Å². The van der Waals surface area contributed by atoms with Crippen LogP contribution in [0.25, 0.3) is 0 Å². The lowest BCUT2D eigenvalue weighted by Crippen LogP contribution is -2.51. The molecule has 0 radical (unpaired) electrons. The molecule has 0 bridgehead atoms. The van der Waals surface area contributed by atoms with E-state index in [2.05, 4.69) is 10.3 Å². The molecule has 4 heteroatoms. The molecule has 1 aromatic heterocycles. The second-order valence-corrected chi connectivity index (χ2v) is 4.32. The number of carbonyl (C=O) groups excluding carboxylic acids is 1. The third-order valence-electron chi connectivity index (χ3n) is 2.85. The minimum absolute atomic E-state index is 0.162. The number of aromatic nitrogens is 1. The Bertz CT molecular complexity index is 388. The van der Waals surface area contributed by atoms with Crippen LogP contribution in [0.5, 0.6) is 0 Å². The summed E-state index contributed by atoms with van der Waals surface area (Å²) in [6.45, 7) is 4.17. The van der Waals surface area contributed by atoms with Gasteiger partial charge in [-0.15, -0.1) is 0 Å². The molecule has 1 aliphatic rings. The molecule has 16 heavy (non-hydrogen) atoms. The van der Waals surface area contributed by atoms with E-state index in [9.17, 15) is 4.79 Å². The largest absolute Gasteiger partial charge is 0.340 e. The van der Waals surface area contributed by atoms with Gasteiger partial charge in [0.1, 0.15) is 0 Å². The molecule has 86 valence electrons. The van der Waals surface area contributed by atoms with E-state index in [0.29, 0.717) is 6.54 Å². The predicted molar refractivity (Wildman–Crippen MR) is 61.8 cm³/mol. The lowest BCUT2D eigenvalue weighted by atomic mass is 10.0. The van der Waals surface area contributed by atoms with E-state index in [4.69, 9.17) is 0 Å². The Hall–Kier alpha value is -1.42. The molecule has 1 aliphatic heterocycles. The van der Waals surface area contributed by atoms with Crippen molar-refractivity contribution in [3.05, 3.63) is 29.6 Å². The van der Waals surface area contributed by atoms with Crippen molar-refractivity contribution in [2.75, 3.05) is 20.1 Å². The van der Waals surface area contributed by atoms with Crippen LogP contribution in [-0.4, -0.2) is 35.9 Å². The third-order valence-corrected chi connectivity index (χ3v) is 2.85. The van der Waals surface area contributed by atoms with Crippen molar-refractivity contribution in [2.45, 2.75) is 13.5 Å². The summed E-state index contributed by atoms with van der Waals surface area (Å²) in [7, 11) is 1.84. The number of aryl methyl sites for hydroxylation is 1. The Balaban J connectivity index is 1.95. The average molecular weight is 219 g/mol. The van der Waals surface area contributed by atoms with Crippen molar-refractivity contribution in [3.8, 4) is 0 Å². The highest BCUT2D eigenvalue weighted by atomic mass is 16.2. The van der Waals surface area contributed by atoms with Gasteiger partial charge in [0.2, 0.25) is 5.91 Å². The van der Waals surface area contributed by atoms with Crippen molar-refractivity contribution in [3.63, 3.8) is 0 Å². The van der Waals surface area contributed by atoms with Gasteiger partial charge < -0.3 is 10.2 Å². The number of nitrogens with zero attached hydrogens (tertiary/aromatic N) is 2. The Morgan fingerprint density at radius 3 is 2.88 bits per heavy atom. The van der Waals surface area contributed by atoms with E-state index in [-0.39, 0.29) is 11.8 Å². The zero-order valence-electron chi connectivity index (χ0n) is 9.73. The van der Waals surface area contributed by atoms with Gasteiger partial charge >= 0.3 is 0 Å². The number of hydrogen-bond acceptors (Lipinski definition) is 3. The van der Waals surface area contributed by atoms with Crippen molar-refractivity contribution in [1.82, 2.24) is 15.2 Å². The fraction of sp³-hybridized carbons (Fsp3) is 0.500. The molecule has 0 atom stereocenters. The molecule has 0 unspecified atom stereocenters. The van der Waals surface area contributed by atoms with Crippen molar-refractivity contribution >= 4 is 5.91 Å². The third kappa shape index (κ3) is 2.39. The number of amides is 1. The summed E-state index contributed by atoms with van der Waals surface area (Å²) < 4.78 is 0. The van der Waals surface area contributed by atoms with Crippen LogP contribution in [0.15, 0.2) is 18.2 Å². The highest BCUT2D eigenvalue weighted by Gasteiger charge is 2.27. The molecule has 2 rings (SSSR count). The summed E-state index contributed by atoms with van der Waals surface area (Å²) in [5.41, 5.74) is 1.94. The molecule has 1 N–H and O–H groups in total. The van der Waals surface area contributed by atoms with Gasteiger partial charge in [-0.2, -0.15) is 0 Å². The quantitative estimate of drug-likeness (QED) is 0.808. The molecule has 1 amide bonds. The summed E-state index contributed by atoms with van der Waals surface area (Å²) in [6.07, 6.45) is 0. The molecular weight excluding hydrogens is 202 g/mol. The molecule has 0 aromatic carbocycles. The Morgan fingerprint density at radius 2 is 2.31 bits per heavy atom. The van der Waals surface area contributed by atoms with Crippen molar-refractivity contribution < 1.29 is 4.79 Å². The first-order valence-electron chi connectivity index (χ1n) is 5.55. The number of nitrogens with one attached hydrogen (secondary N) is 1. The second-order valence-electron chi connectivity index (χ2n) is 4.32. The molecule has 1 saturated heterocycles. The topological polar surface area (TPSA) is 45.2 Å². The van der Waals surface area contributed by atoms with Crippen LogP contribution >= 0.6 is 0 Å². The highest BCUT2D eigenvalue weighted by Crippen LogP contribution is 2.09. The van der Waals surface area contributed by atoms with Crippen LogP contribution in [0.2, 0.25) is 0 Å². The van der Waals surface area contributed by atoms with Crippen molar-refractivity contribution in [1.29, 1.82) is 0 Å². The first-order valence-corrected chi connectivity index (χ1v) is 5.55. The lowest BCUT2D eigenvalue weighted by molar-refractivity contribution is -0.136. The van der Waals surface area contributed by atoms with E-state index in [0.717, 1.165) is 24.5 Å². The van der Waals surface area contributed by atoms with E-state index < -0.39 is 0 Å². The SMILES string of the molecule is Cc1cccc(CN(C)C(=O)C2CNC2)n1. The van der Waals surface area contributed by atoms with Gasteiger partial charge in [-0.1, -0.05) is 6.07 Å². The van der Waals surface area contributed by atoms with Gasteiger partial charge in [-0.05, 0) is 19.1 Å². The zero-order valence-corrected chi connectivity index (χ0v) is 9.73. The summed E-state index contributed by atoms with van der Waals surface area (Å²) in [5, 5.41) is 3.11. The lowest BCUT2D eigenvalue weighted by Gasteiger charge is -2.30. The standard InChI is InChI=1S/C12H17N3O/c1-9-4-3-5-11(14-9)8-15(2)12(16)10-6-13-7-10/h3-5,10,13H,6-8H2,1-2H3. The monoisotopic (exact) mass is 219 g/mol. The number of pyridine rings is 1. The maximum absolute atomic E-state index is 11.9. The Morgan fingerprint density at radius 1 is 1.56 bits per heavy atom. The minimum atomic E-state index is 0.162. The van der Waals surface area contributed by atoms with Crippen LogP contribution < -0.4 is 5.32 Å². The first kappa shape index (κ1) is 11.1. The minimum Gasteiger partial charge on any atom is -0.340 e. The van der Waals surface area contributed by atoms with E-state index in [1.807, 2.05) is 32.2 Å². The average Bonchev–Trinajstić information content (AvgIpc) is 2.14. The maximum atomic E-state index is 11.9. The number of hydrogen-bond donors (Lipinski definition) is 1. The molecular formula is C12H17N3O. The van der Waals surface area contributed by atoms with E-state index >= 15 is 0 Å². The Kier molecular flexibility index (Phi) is 3.19. The van der Waals surface area contributed by atoms with Crippen molar-refractivity contribution in [2.24, 2.45) is 5.92 Å². The fourth-order valence-electron chi connectivity index (χ4n) is 1.78. The van der Waals surface area contributed by atoms with Crippen LogP contribution in [0, 0.1) is 12.8 Å². The van der Waals surface area contributed by atoms with Crippen LogP contribution in [0.4, 0.5) is 0 Å². The zero-order chi connectivity index (χ0) is 11.5. The van der Waals surface area contributed by atoms with Gasteiger partial charge in [-0.3, -0.25) is 9.78 Å². The van der Waals surface area contributed by atoms with E-state index in [1.165, 1.54) is 0 Å². The van der Waals surface area contributed by atoms with Crippen LogP contribution in [-0.2, 0) is 11.3 Å². The summed E-state index contributed by atoms with van der Waals surface area (Å²) in [4.78, 5) is 18.0. The molecule has 4 nitrogen and oxygen atoms in total. The maximum Gasteiger partial charge on any atom is 0.228 e.